The van der Waals surface area contributed by atoms with Crippen molar-refractivity contribution in [3.8, 4) is 0 Å². The van der Waals surface area contributed by atoms with Crippen LogP contribution in [0.15, 0.2) is 28.7 Å². The Hall–Kier alpha value is -2.49. The quantitative estimate of drug-likeness (QED) is 0.617. The van der Waals surface area contributed by atoms with Gasteiger partial charge in [-0.2, -0.15) is 13.2 Å². The molecule has 7 nitrogen and oxygen atoms in total. The second-order valence-electron chi connectivity index (χ2n) is 5.92. The fraction of sp³-hybridized carbons (Fsp3) is 0.467. The molecule has 0 saturated carbocycles. The van der Waals surface area contributed by atoms with Gasteiger partial charge in [-0.3, -0.25) is 15.0 Å². The molecule has 10 heteroatoms. The summed E-state index contributed by atoms with van der Waals surface area (Å²) in [4.78, 5) is 12.5. The normalized spacial score (nSPS) is 16.9. The first-order valence-corrected chi connectivity index (χ1v) is 7.69. The molecule has 25 heavy (non-hydrogen) atoms. The molecule has 2 heterocycles. The molecule has 1 saturated heterocycles. The highest BCUT2D eigenvalue weighted by Gasteiger charge is 2.39. The average molecular weight is 356 g/mol. The third kappa shape index (κ3) is 4.13. The van der Waals surface area contributed by atoms with Crippen molar-refractivity contribution in [2.75, 3.05) is 13.1 Å². The van der Waals surface area contributed by atoms with Gasteiger partial charge in [-0.25, -0.2) is 0 Å². The number of piperidine rings is 1. The second-order valence-corrected chi connectivity index (χ2v) is 5.92. The van der Waals surface area contributed by atoms with Gasteiger partial charge in [-0.05, 0) is 31.5 Å². The van der Waals surface area contributed by atoms with Crippen molar-refractivity contribution < 1.29 is 22.5 Å². The van der Waals surface area contributed by atoms with Gasteiger partial charge in [0.2, 0.25) is 5.89 Å². The van der Waals surface area contributed by atoms with E-state index in [9.17, 15) is 23.3 Å². The molecule has 1 aromatic heterocycles. The second kappa shape index (κ2) is 6.79. The minimum atomic E-state index is -4.63. The number of benzene rings is 1. The number of halogens is 3. The molecule has 0 spiro atoms. The number of hydrogen-bond donors (Lipinski definition) is 0. The van der Waals surface area contributed by atoms with E-state index in [1.807, 2.05) is 6.07 Å². The minimum Gasteiger partial charge on any atom is -0.417 e. The third-order valence-corrected chi connectivity index (χ3v) is 4.15. The van der Waals surface area contributed by atoms with Crippen molar-refractivity contribution in [1.29, 1.82) is 0 Å². The number of non-ortho nitro benzene ring substituents is 1. The maximum Gasteiger partial charge on any atom is 0.470 e. The molecule has 0 amide bonds. The fourth-order valence-electron chi connectivity index (χ4n) is 2.88. The molecule has 2 aromatic rings. The largest absolute Gasteiger partial charge is 0.470 e. The van der Waals surface area contributed by atoms with E-state index >= 15 is 0 Å². The summed E-state index contributed by atoms with van der Waals surface area (Å²) < 4.78 is 42.3. The number of rotatable bonds is 4. The molecule has 0 unspecified atom stereocenters. The van der Waals surface area contributed by atoms with Crippen molar-refractivity contribution in [2.45, 2.75) is 31.5 Å². The maximum absolute atomic E-state index is 12.5. The average Bonchev–Trinajstić information content (AvgIpc) is 3.06. The molecule has 1 aliphatic heterocycles. The maximum atomic E-state index is 12.5. The Morgan fingerprint density at radius 2 is 2.00 bits per heavy atom. The number of nitro benzene ring substituents is 1. The summed E-state index contributed by atoms with van der Waals surface area (Å²) in [6.45, 7) is 1.82. The summed E-state index contributed by atoms with van der Waals surface area (Å²) in [5, 5.41) is 17.4. The summed E-state index contributed by atoms with van der Waals surface area (Å²) in [7, 11) is 0. The van der Waals surface area contributed by atoms with Crippen LogP contribution in [0.1, 0.15) is 36.1 Å². The van der Waals surface area contributed by atoms with Crippen LogP contribution in [0.2, 0.25) is 0 Å². The summed E-state index contributed by atoms with van der Waals surface area (Å²) in [6, 6.07) is 6.41. The molecule has 134 valence electrons. The predicted octanol–water partition coefficient (Wildman–Crippen LogP) is 3.38. The lowest BCUT2D eigenvalue weighted by Gasteiger charge is -2.30. The van der Waals surface area contributed by atoms with E-state index in [0.717, 1.165) is 5.56 Å². The number of alkyl halides is 3. The molecule has 0 bridgehead atoms. The predicted molar refractivity (Wildman–Crippen MR) is 79.6 cm³/mol. The first-order valence-electron chi connectivity index (χ1n) is 7.69. The van der Waals surface area contributed by atoms with Gasteiger partial charge in [-0.1, -0.05) is 12.1 Å². The van der Waals surface area contributed by atoms with Crippen LogP contribution in [-0.4, -0.2) is 33.1 Å². The zero-order valence-corrected chi connectivity index (χ0v) is 13.1. The van der Waals surface area contributed by atoms with Crippen LogP contribution in [0.4, 0.5) is 18.9 Å². The van der Waals surface area contributed by atoms with Gasteiger partial charge >= 0.3 is 12.1 Å². The van der Waals surface area contributed by atoms with Crippen molar-refractivity contribution in [3.63, 3.8) is 0 Å². The van der Waals surface area contributed by atoms with Crippen LogP contribution in [0.3, 0.4) is 0 Å². The summed E-state index contributed by atoms with van der Waals surface area (Å²) in [5.41, 5.74) is 0.864. The SMILES string of the molecule is O=[N+]([O-])c1cccc(CN2CCC(c3nnc(C(F)(F)F)o3)CC2)c1. The first-order chi connectivity index (χ1) is 11.8. The third-order valence-electron chi connectivity index (χ3n) is 4.15. The monoisotopic (exact) mass is 356 g/mol. The van der Waals surface area contributed by atoms with Crippen LogP contribution < -0.4 is 0 Å². The molecule has 1 aliphatic rings. The lowest BCUT2D eigenvalue weighted by molar-refractivity contribution is -0.384. The van der Waals surface area contributed by atoms with Gasteiger partial charge in [0.25, 0.3) is 5.69 Å². The van der Waals surface area contributed by atoms with E-state index in [4.69, 9.17) is 4.42 Å². The molecule has 0 aliphatic carbocycles. The molecular weight excluding hydrogens is 341 g/mol. The van der Waals surface area contributed by atoms with Gasteiger partial charge in [0.1, 0.15) is 0 Å². The van der Waals surface area contributed by atoms with Gasteiger partial charge in [0.05, 0.1) is 4.92 Å². The number of nitrogens with zero attached hydrogens (tertiary/aromatic N) is 4. The van der Waals surface area contributed by atoms with Gasteiger partial charge in [-0.15, -0.1) is 10.2 Å². The van der Waals surface area contributed by atoms with Crippen molar-refractivity contribution in [3.05, 3.63) is 51.7 Å². The summed E-state index contributed by atoms with van der Waals surface area (Å²) in [6.07, 6.45) is -3.45. The Morgan fingerprint density at radius 1 is 1.28 bits per heavy atom. The smallest absolute Gasteiger partial charge is 0.417 e. The highest BCUT2D eigenvalue weighted by Crippen LogP contribution is 2.32. The molecule has 0 atom stereocenters. The zero-order chi connectivity index (χ0) is 18.0. The highest BCUT2D eigenvalue weighted by atomic mass is 19.4. The topological polar surface area (TPSA) is 85.3 Å². The standard InChI is InChI=1S/C15H15F3N4O3/c16-15(17,18)14-20-19-13(25-14)11-4-6-21(7-5-11)9-10-2-1-3-12(8-10)22(23)24/h1-3,8,11H,4-7,9H2. The Balaban J connectivity index is 1.58. The van der Waals surface area contributed by atoms with Crippen LogP contribution in [0, 0.1) is 10.1 Å². The molecule has 3 rings (SSSR count). The highest BCUT2D eigenvalue weighted by molar-refractivity contribution is 5.34. The van der Waals surface area contributed by atoms with Crippen LogP contribution in [-0.2, 0) is 12.7 Å². The Bertz CT molecular complexity index is 754. The molecule has 0 N–H and O–H groups in total. The lowest BCUT2D eigenvalue weighted by atomic mass is 9.96. The first kappa shape index (κ1) is 17.3. The number of hydrogen-bond acceptors (Lipinski definition) is 6. The van der Waals surface area contributed by atoms with E-state index in [2.05, 4.69) is 15.1 Å². The van der Waals surface area contributed by atoms with Crippen molar-refractivity contribution >= 4 is 5.69 Å². The molecular formula is C15H15F3N4O3. The molecule has 1 aromatic carbocycles. The van der Waals surface area contributed by atoms with Crippen molar-refractivity contribution in [2.24, 2.45) is 0 Å². The van der Waals surface area contributed by atoms with Crippen molar-refractivity contribution in [1.82, 2.24) is 15.1 Å². The fourth-order valence-corrected chi connectivity index (χ4v) is 2.88. The van der Waals surface area contributed by atoms with Crippen LogP contribution in [0.5, 0.6) is 0 Å². The van der Waals surface area contributed by atoms with E-state index in [1.165, 1.54) is 12.1 Å². The molecule has 1 fully saturated rings. The van der Waals surface area contributed by atoms with Crippen LogP contribution >= 0.6 is 0 Å². The summed E-state index contributed by atoms with van der Waals surface area (Å²) in [5.74, 6) is -1.51. The summed E-state index contributed by atoms with van der Waals surface area (Å²) >= 11 is 0. The van der Waals surface area contributed by atoms with Gasteiger partial charge in [0.15, 0.2) is 0 Å². The Kier molecular flexibility index (Phi) is 4.71. The van der Waals surface area contributed by atoms with Gasteiger partial charge in [0, 0.05) is 24.6 Å². The minimum absolute atomic E-state index is 0.0160. The Morgan fingerprint density at radius 3 is 2.60 bits per heavy atom. The Labute approximate surface area is 140 Å². The van der Waals surface area contributed by atoms with E-state index in [0.29, 0.717) is 32.5 Å². The number of nitro groups is 1. The zero-order valence-electron chi connectivity index (χ0n) is 13.1. The molecule has 0 radical (unpaired) electrons. The van der Waals surface area contributed by atoms with Gasteiger partial charge < -0.3 is 4.42 Å². The van der Waals surface area contributed by atoms with E-state index in [1.54, 1.807) is 6.07 Å². The van der Waals surface area contributed by atoms with E-state index in [-0.39, 0.29) is 17.5 Å². The lowest BCUT2D eigenvalue weighted by Crippen LogP contribution is -2.32. The van der Waals surface area contributed by atoms with E-state index < -0.39 is 17.0 Å². The number of aromatic nitrogens is 2. The number of likely N-dealkylation sites (tertiary alicyclic amines) is 1. The van der Waals surface area contributed by atoms with Crippen LogP contribution in [0.25, 0.3) is 0 Å².